The number of hydrogen-bond acceptors (Lipinski definition) is 8. The highest BCUT2D eigenvalue weighted by atomic mass is 79.9. The van der Waals surface area contributed by atoms with E-state index < -0.39 is 5.25 Å². The van der Waals surface area contributed by atoms with Crippen LogP contribution in [0.1, 0.15) is 30.5 Å². The number of aromatic nitrogens is 3. The topological polar surface area (TPSA) is 102 Å². The van der Waals surface area contributed by atoms with Crippen LogP contribution in [-0.2, 0) is 0 Å². The van der Waals surface area contributed by atoms with Gasteiger partial charge in [0.25, 0.3) is 0 Å². The standard InChI is InChI=1S/C24H25BrN4O5S/c1-5-12-34-23-20(25)13-17(14-21(23)33-7-3)22(15-28(30)31)35-24-27-26-16(4)29(24)18-8-10-19(11-9-18)32-6-2/h1,8-11,13-14,22H,6-7,12,15H2,2-4H3/t22-/m0/s1. The molecule has 11 heteroatoms. The number of terminal acetylenes is 1. The van der Waals surface area contributed by atoms with Crippen molar-refractivity contribution < 1.29 is 19.1 Å². The maximum Gasteiger partial charge on any atom is 0.220 e. The molecule has 0 saturated heterocycles. The first kappa shape index (κ1) is 26.4. The average molecular weight is 561 g/mol. The van der Waals surface area contributed by atoms with Crippen LogP contribution in [0.4, 0.5) is 0 Å². The third-order valence-electron chi connectivity index (χ3n) is 4.77. The summed E-state index contributed by atoms with van der Waals surface area (Å²) < 4.78 is 19.3. The number of benzene rings is 2. The first-order valence-corrected chi connectivity index (χ1v) is 12.5. The number of rotatable bonds is 12. The zero-order valence-electron chi connectivity index (χ0n) is 19.6. The summed E-state index contributed by atoms with van der Waals surface area (Å²) in [6.45, 7) is 6.29. The molecule has 0 radical (unpaired) electrons. The minimum Gasteiger partial charge on any atom is -0.494 e. The maximum atomic E-state index is 11.6. The first-order valence-electron chi connectivity index (χ1n) is 10.8. The molecule has 1 atom stereocenters. The second-order valence-electron chi connectivity index (χ2n) is 7.17. The van der Waals surface area contributed by atoms with E-state index in [-0.39, 0.29) is 18.1 Å². The Balaban J connectivity index is 1.99. The number of halogens is 1. The predicted octanol–water partition coefficient (Wildman–Crippen LogP) is 5.26. The molecule has 0 aliphatic carbocycles. The summed E-state index contributed by atoms with van der Waals surface area (Å²) in [6.07, 6.45) is 5.33. The molecule has 3 aromatic rings. The number of nitrogens with zero attached hydrogens (tertiary/aromatic N) is 4. The summed E-state index contributed by atoms with van der Waals surface area (Å²) in [6, 6.07) is 11.0. The summed E-state index contributed by atoms with van der Waals surface area (Å²) in [5.74, 6) is 4.74. The molecule has 184 valence electrons. The summed E-state index contributed by atoms with van der Waals surface area (Å²) in [4.78, 5) is 11.2. The highest BCUT2D eigenvalue weighted by molar-refractivity contribution is 9.10. The van der Waals surface area contributed by atoms with Crippen molar-refractivity contribution in [3.63, 3.8) is 0 Å². The van der Waals surface area contributed by atoms with Crippen molar-refractivity contribution in [1.29, 1.82) is 0 Å². The van der Waals surface area contributed by atoms with Gasteiger partial charge in [0.15, 0.2) is 16.7 Å². The monoisotopic (exact) mass is 560 g/mol. The number of nitro groups is 1. The highest BCUT2D eigenvalue weighted by Gasteiger charge is 2.26. The Hall–Kier alpha value is -3.23. The molecule has 35 heavy (non-hydrogen) atoms. The lowest BCUT2D eigenvalue weighted by Crippen LogP contribution is -2.12. The molecular formula is C24H25BrN4O5S. The van der Waals surface area contributed by atoms with E-state index in [2.05, 4.69) is 32.0 Å². The first-order chi connectivity index (χ1) is 16.9. The Labute approximate surface area is 216 Å². The summed E-state index contributed by atoms with van der Waals surface area (Å²) in [5.41, 5.74) is 1.50. The van der Waals surface area contributed by atoms with Gasteiger partial charge in [-0.1, -0.05) is 17.7 Å². The molecule has 0 aliphatic rings. The van der Waals surface area contributed by atoms with Gasteiger partial charge in [-0.25, -0.2) is 0 Å². The fourth-order valence-corrected chi connectivity index (χ4v) is 5.07. The second-order valence-corrected chi connectivity index (χ2v) is 9.19. The fourth-order valence-electron chi connectivity index (χ4n) is 3.34. The lowest BCUT2D eigenvalue weighted by atomic mass is 10.1. The lowest BCUT2D eigenvalue weighted by Gasteiger charge is -2.18. The van der Waals surface area contributed by atoms with Crippen molar-refractivity contribution in [3.05, 3.63) is 62.4 Å². The van der Waals surface area contributed by atoms with Crippen molar-refractivity contribution >= 4 is 27.7 Å². The maximum absolute atomic E-state index is 11.6. The van der Waals surface area contributed by atoms with Gasteiger partial charge >= 0.3 is 0 Å². The van der Waals surface area contributed by atoms with Crippen LogP contribution in [0.25, 0.3) is 5.69 Å². The van der Waals surface area contributed by atoms with E-state index in [1.54, 1.807) is 12.1 Å². The van der Waals surface area contributed by atoms with E-state index in [1.165, 1.54) is 11.8 Å². The molecule has 0 N–H and O–H groups in total. The van der Waals surface area contributed by atoms with Crippen molar-refractivity contribution in [2.75, 3.05) is 26.4 Å². The van der Waals surface area contributed by atoms with E-state index in [9.17, 15) is 10.1 Å². The summed E-state index contributed by atoms with van der Waals surface area (Å²) >= 11 is 4.75. The van der Waals surface area contributed by atoms with Gasteiger partial charge in [-0.3, -0.25) is 14.7 Å². The van der Waals surface area contributed by atoms with Gasteiger partial charge in [-0.2, -0.15) is 0 Å². The second kappa shape index (κ2) is 12.5. The predicted molar refractivity (Wildman–Crippen MR) is 137 cm³/mol. The van der Waals surface area contributed by atoms with Gasteiger partial charge in [0.05, 0.1) is 17.7 Å². The largest absolute Gasteiger partial charge is 0.494 e. The zero-order valence-corrected chi connectivity index (χ0v) is 22.0. The molecule has 9 nitrogen and oxygen atoms in total. The van der Waals surface area contributed by atoms with Gasteiger partial charge in [-0.05, 0) is 78.7 Å². The van der Waals surface area contributed by atoms with Crippen LogP contribution in [0.3, 0.4) is 0 Å². The van der Waals surface area contributed by atoms with Crippen molar-refractivity contribution in [2.24, 2.45) is 0 Å². The Kier molecular flexibility index (Phi) is 9.39. The SMILES string of the molecule is C#CCOc1c(Br)cc([C@H](C[N+](=O)[O-])Sc2nnc(C)n2-c2ccc(OCC)cc2)cc1OCC. The summed E-state index contributed by atoms with van der Waals surface area (Å²) in [5, 5.41) is 20.0. The number of hydrogen-bond donors (Lipinski definition) is 0. The van der Waals surface area contributed by atoms with Gasteiger partial charge in [0.1, 0.15) is 23.4 Å². The van der Waals surface area contributed by atoms with Crippen LogP contribution >= 0.6 is 27.7 Å². The van der Waals surface area contributed by atoms with Crippen LogP contribution in [0.2, 0.25) is 0 Å². The van der Waals surface area contributed by atoms with E-state index in [1.807, 2.05) is 49.6 Å². The Morgan fingerprint density at radius 3 is 2.51 bits per heavy atom. The molecule has 0 bridgehead atoms. The van der Waals surface area contributed by atoms with Crippen molar-refractivity contribution in [2.45, 2.75) is 31.2 Å². The Morgan fingerprint density at radius 2 is 1.89 bits per heavy atom. The minimum absolute atomic E-state index is 0.0650. The van der Waals surface area contributed by atoms with Crippen LogP contribution in [0.5, 0.6) is 17.2 Å². The molecular weight excluding hydrogens is 536 g/mol. The van der Waals surface area contributed by atoms with E-state index in [0.29, 0.717) is 45.7 Å². The third kappa shape index (κ3) is 6.68. The highest BCUT2D eigenvalue weighted by Crippen LogP contribution is 2.43. The van der Waals surface area contributed by atoms with E-state index in [0.717, 1.165) is 11.4 Å². The Bertz CT molecular complexity index is 1210. The smallest absolute Gasteiger partial charge is 0.220 e. The molecule has 1 heterocycles. The van der Waals surface area contributed by atoms with Crippen molar-refractivity contribution in [3.8, 4) is 35.3 Å². The van der Waals surface area contributed by atoms with E-state index >= 15 is 0 Å². The number of ether oxygens (including phenoxy) is 3. The van der Waals surface area contributed by atoms with Gasteiger partial charge in [0.2, 0.25) is 6.54 Å². The zero-order chi connectivity index (χ0) is 25.4. The molecule has 0 saturated carbocycles. The summed E-state index contributed by atoms with van der Waals surface area (Å²) in [7, 11) is 0. The molecule has 0 spiro atoms. The molecule has 0 amide bonds. The van der Waals surface area contributed by atoms with E-state index in [4.69, 9.17) is 20.6 Å². The Morgan fingerprint density at radius 1 is 1.17 bits per heavy atom. The van der Waals surface area contributed by atoms with Crippen LogP contribution in [0, 0.1) is 29.4 Å². The fraction of sp³-hybridized carbons (Fsp3) is 0.333. The van der Waals surface area contributed by atoms with Crippen LogP contribution in [0.15, 0.2) is 46.0 Å². The minimum atomic E-state index is -0.577. The van der Waals surface area contributed by atoms with Gasteiger partial charge < -0.3 is 14.2 Å². The lowest BCUT2D eigenvalue weighted by molar-refractivity contribution is -0.479. The third-order valence-corrected chi connectivity index (χ3v) is 6.54. The average Bonchev–Trinajstić information content (AvgIpc) is 3.18. The van der Waals surface area contributed by atoms with Crippen LogP contribution < -0.4 is 14.2 Å². The van der Waals surface area contributed by atoms with Gasteiger partial charge in [-0.15, -0.1) is 16.6 Å². The number of thioether (sulfide) groups is 1. The van der Waals surface area contributed by atoms with Gasteiger partial charge in [0, 0.05) is 10.6 Å². The molecule has 2 aromatic carbocycles. The molecule has 0 aliphatic heterocycles. The van der Waals surface area contributed by atoms with Crippen LogP contribution in [-0.4, -0.2) is 46.1 Å². The molecule has 0 unspecified atom stereocenters. The normalized spacial score (nSPS) is 11.5. The molecule has 3 rings (SSSR count). The molecule has 0 fully saturated rings. The molecule has 1 aromatic heterocycles. The quantitative estimate of drug-likeness (QED) is 0.128. The van der Waals surface area contributed by atoms with Crippen molar-refractivity contribution in [1.82, 2.24) is 14.8 Å². The number of aryl methyl sites for hydroxylation is 1.